The van der Waals surface area contributed by atoms with E-state index in [4.69, 9.17) is 4.74 Å². The second-order valence-electron chi connectivity index (χ2n) is 8.21. The van der Waals surface area contributed by atoms with Gasteiger partial charge in [0.25, 0.3) is 0 Å². The molecule has 2 amide bonds. The highest BCUT2D eigenvalue weighted by molar-refractivity contribution is 7.92. The molecule has 1 aliphatic heterocycles. The monoisotopic (exact) mass is 476 g/mol. The summed E-state index contributed by atoms with van der Waals surface area (Å²) >= 11 is 0. The molecule has 2 heterocycles. The highest BCUT2D eigenvalue weighted by atomic mass is 32.2. The molecule has 1 aromatic carbocycles. The summed E-state index contributed by atoms with van der Waals surface area (Å²) in [5.74, 6) is 2.24. The molecule has 180 valence electrons. The highest BCUT2D eigenvalue weighted by Gasteiger charge is 2.23. The van der Waals surface area contributed by atoms with Crippen molar-refractivity contribution in [3.63, 3.8) is 0 Å². The van der Waals surface area contributed by atoms with Crippen LogP contribution in [-0.2, 0) is 10.0 Å². The molecular formula is C22H32N6O4S. The predicted octanol–water partition coefficient (Wildman–Crippen LogP) is 3.03. The maximum atomic E-state index is 12.8. The first-order valence-corrected chi connectivity index (χ1v) is 12.6. The van der Waals surface area contributed by atoms with E-state index >= 15 is 0 Å². The summed E-state index contributed by atoms with van der Waals surface area (Å²) < 4.78 is 31.5. The van der Waals surface area contributed by atoms with Gasteiger partial charge in [0.1, 0.15) is 17.4 Å². The van der Waals surface area contributed by atoms with E-state index in [0.717, 1.165) is 17.3 Å². The topological polar surface area (TPSA) is 117 Å². The molecule has 0 radical (unpaired) electrons. The van der Waals surface area contributed by atoms with Gasteiger partial charge in [0.15, 0.2) is 0 Å². The van der Waals surface area contributed by atoms with E-state index in [9.17, 15) is 13.2 Å². The molecule has 10 nitrogen and oxygen atoms in total. The van der Waals surface area contributed by atoms with Crippen molar-refractivity contribution in [2.75, 3.05) is 54.0 Å². The molecule has 3 rings (SSSR count). The van der Waals surface area contributed by atoms with E-state index in [1.54, 1.807) is 30.0 Å². The molecule has 1 aliphatic rings. The van der Waals surface area contributed by atoms with Gasteiger partial charge in [-0.2, -0.15) is 0 Å². The second-order valence-corrected chi connectivity index (χ2v) is 10.2. The highest BCUT2D eigenvalue weighted by Crippen LogP contribution is 2.29. The maximum absolute atomic E-state index is 12.8. The van der Waals surface area contributed by atoms with Crippen LogP contribution in [0.5, 0.6) is 5.75 Å². The molecule has 0 bridgehead atoms. The molecule has 1 saturated heterocycles. The van der Waals surface area contributed by atoms with Crippen LogP contribution in [0.2, 0.25) is 0 Å². The minimum atomic E-state index is -3.44. The van der Waals surface area contributed by atoms with Crippen LogP contribution in [0.1, 0.15) is 38.2 Å². The smallest absolute Gasteiger partial charge is 0.321 e. The fraction of sp³-hybridized carbons (Fsp3) is 0.500. The molecule has 1 fully saturated rings. The number of anilines is 3. The first-order valence-electron chi connectivity index (χ1n) is 11.0. The predicted molar refractivity (Wildman–Crippen MR) is 130 cm³/mol. The Labute approximate surface area is 195 Å². The Morgan fingerprint density at radius 3 is 2.45 bits per heavy atom. The zero-order chi connectivity index (χ0) is 24.2. The number of carbonyl (C=O) groups excluding carboxylic acids is 1. The van der Waals surface area contributed by atoms with Crippen molar-refractivity contribution < 1.29 is 17.9 Å². The number of sulfonamides is 1. The summed E-state index contributed by atoms with van der Waals surface area (Å²) in [6, 6.07) is 6.56. The number of aryl methyl sites for hydroxylation is 1. The van der Waals surface area contributed by atoms with Crippen molar-refractivity contribution >= 4 is 33.2 Å². The quantitative estimate of drug-likeness (QED) is 0.631. The summed E-state index contributed by atoms with van der Waals surface area (Å²) in [5, 5.41) is 2.86. The van der Waals surface area contributed by atoms with Crippen LogP contribution in [0.4, 0.5) is 22.0 Å². The maximum Gasteiger partial charge on any atom is 0.321 e. The minimum Gasteiger partial charge on any atom is -0.494 e. The van der Waals surface area contributed by atoms with Crippen molar-refractivity contribution in [2.24, 2.45) is 0 Å². The lowest BCUT2D eigenvalue weighted by atomic mass is 10.2. The van der Waals surface area contributed by atoms with Crippen LogP contribution in [0, 0.1) is 6.92 Å². The van der Waals surface area contributed by atoms with Crippen molar-refractivity contribution in [1.82, 2.24) is 14.9 Å². The summed E-state index contributed by atoms with van der Waals surface area (Å²) in [6.07, 6.45) is 0. The van der Waals surface area contributed by atoms with E-state index in [-0.39, 0.29) is 17.7 Å². The average molecular weight is 477 g/mol. The van der Waals surface area contributed by atoms with Gasteiger partial charge in [-0.25, -0.2) is 23.2 Å². The Balaban J connectivity index is 1.62. The first-order chi connectivity index (χ1) is 15.6. The normalized spacial score (nSPS) is 14.4. The molecule has 0 unspecified atom stereocenters. The van der Waals surface area contributed by atoms with Crippen molar-refractivity contribution in [3.05, 3.63) is 35.8 Å². The molecule has 0 aliphatic carbocycles. The van der Waals surface area contributed by atoms with Crippen molar-refractivity contribution in [2.45, 2.75) is 33.6 Å². The van der Waals surface area contributed by atoms with Gasteiger partial charge in [0, 0.05) is 55.6 Å². The minimum absolute atomic E-state index is 0.0476. The van der Waals surface area contributed by atoms with Crippen LogP contribution in [0.15, 0.2) is 24.3 Å². The third-order valence-electron chi connectivity index (χ3n) is 5.36. The molecular weight excluding hydrogens is 444 g/mol. The number of hydrogen-bond donors (Lipinski definition) is 2. The van der Waals surface area contributed by atoms with E-state index in [1.807, 2.05) is 13.0 Å². The van der Waals surface area contributed by atoms with Crippen LogP contribution in [0.25, 0.3) is 0 Å². The Morgan fingerprint density at radius 2 is 1.85 bits per heavy atom. The Hall–Kier alpha value is -3.08. The van der Waals surface area contributed by atoms with Gasteiger partial charge in [0.2, 0.25) is 10.0 Å². The van der Waals surface area contributed by atoms with Gasteiger partial charge < -0.3 is 19.9 Å². The van der Waals surface area contributed by atoms with Crippen molar-refractivity contribution in [1.29, 1.82) is 0 Å². The van der Waals surface area contributed by atoms with E-state index in [2.05, 4.69) is 38.8 Å². The summed E-state index contributed by atoms with van der Waals surface area (Å²) in [6.45, 7) is 10.1. The van der Waals surface area contributed by atoms with Gasteiger partial charge in [-0.3, -0.25) is 4.72 Å². The van der Waals surface area contributed by atoms with E-state index in [1.165, 1.54) is 7.11 Å². The lowest BCUT2D eigenvalue weighted by Crippen LogP contribution is -2.50. The summed E-state index contributed by atoms with van der Waals surface area (Å²) in [7, 11) is -1.99. The zero-order valence-electron chi connectivity index (χ0n) is 19.8. The lowest BCUT2D eigenvalue weighted by Gasteiger charge is -2.35. The standard InChI is InChI=1S/C22H32N6O4S/c1-6-33(30,31)26-18-8-7-17(14-19(18)32-5)24-22(29)28-11-9-27(10-12-28)20-13-16(4)23-21(25-20)15(2)3/h7-8,13-15,26H,6,9-12H2,1-5H3,(H,24,29). The molecule has 1 aromatic heterocycles. The molecule has 2 aromatic rings. The third kappa shape index (κ3) is 6.25. The number of piperazine rings is 1. The molecule has 2 N–H and O–H groups in total. The number of nitrogens with one attached hydrogen (secondary N) is 2. The first kappa shape index (κ1) is 24.6. The Bertz CT molecular complexity index is 1100. The average Bonchev–Trinajstić information content (AvgIpc) is 2.79. The van der Waals surface area contributed by atoms with Crippen molar-refractivity contribution in [3.8, 4) is 5.75 Å². The molecule has 0 saturated carbocycles. The number of nitrogens with zero attached hydrogens (tertiary/aromatic N) is 4. The largest absolute Gasteiger partial charge is 0.494 e. The number of carbonyl (C=O) groups is 1. The SMILES string of the molecule is CCS(=O)(=O)Nc1ccc(NC(=O)N2CCN(c3cc(C)nc(C(C)C)n3)CC2)cc1OC. The number of aromatic nitrogens is 2. The Morgan fingerprint density at radius 1 is 1.15 bits per heavy atom. The summed E-state index contributed by atoms with van der Waals surface area (Å²) in [5.41, 5.74) is 1.78. The molecule has 11 heteroatoms. The zero-order valence-corrected chi connectivity index (χ0v) is 20.6. The lowest BCUT2D eigenvalue weighted by molar-refractivity contribution is 0.208. The number of methoxy groups -OCH3 is 1. The Kier molecular flexibility index (Phi) is 7.62. The number of hydrogen-bond acceptors (Lipinski definition) is 7. The fourth-order valence-electron chi connectivity index (χ4n) is 3.43. The van der Waals surface area contributed by atoms with Gasteiger partial charge in [-0.05, 0) is 26.0 Å². The van der Waals surface area contributed by atoms with Gasteiger partial charge in [-0.15, -0.1) is 0 Å². The van der Waals surface area contributed by atoms with Crippen LogP contribution < -0.4 is 19.7 Å². The van der Waals surface area contributed by atoms with Gasteiger partial charge in [-0.1, -0.05) is 13.8 Å². The number of urea groups is 1. The van der Waals surface area contributed by atoms with Gasteiger partial charge >= 0.3 is 6.03 Å². The van der Waals surface area contributed by atoms with Crippen LogP contribution in [-0.4, -0.2) is 68.4 Å². The van der Waals surface area contributed by atoms with E-state index in [0.29, 0.717) is 43.3 Å². The van der Waals surface area contributed by atoms with Gasteiger partial charge in [0.05, 0.1) is 18.6 Å². The molecule has 33 heavy (non-hydrogen) atoms. The number of benzene rings is 1. The number of amides is 2. The van der Waals surface area contributed by atoms with Crippen LogP contribution in [0.3, 0.4) is 0 Å². The van der Waals surface area contributed by atoms with Crippen LogP contribution >= 0.6 is 0 Å². The van der Waals surface area contributed by atoms with E-state index < -0.39 is 10.0 Å². The molecule has 0 atom stereocenters. The fourth-order valence-corrected chi connectivity index (χ4v) is 4.08. The third-order valence-corrected chi connectivity index (χ3v) is 6.65. The number of ether oxygens (including phenoxy) is 1. The molecule has 0 spiro atoms. The number of rotatable bonds is 7. The summed E-state index contributed by atoms with van der Waals surface area (Å²) in [4.78, 5) is 25.9. The second kappa shape index (κ2) is 10.2.